The Labute approximate surface area is 130 Å². The van der Waals surface area contributed by atoms with Gasteiger partial charge in [0, 0.05) is 17.5 Å². The summed E-state index contributed by atoms with van der Waals surface area (Å²) in [5.41, 5.74) is 0. The lowest BCUT2D eigenvalue weighted by Crippen LogP contribution is -2.28. The zero-order chi connectivity index (χ0) is 14.4. The minimum atomic E-state index is -3.14. The normalized spacial score (nSPS) is 15.7. The molecule has 1 aliphatic carbocycles. The molecule has 0 aliphatic heterocycles. The molecular formula is C13H21ClN2O2S2. The fraction of sp³-hybridized carbons (Fsp3) is 0.692. The van der Waals surface area contributed by atoms with Crippen LogP contribution in [0.2, 0.25) is 4.34 Å². The van der Waals surface area contributed by atoms with Crippen LogP contribution in [-0.2, 0) is 16.4 Å². The molecule has 1 saturated carbocycles. The van der Waals surface area contributed by atoms with Crippen molar-refractivity contribution in [1.82, 2.24) is 10.0 Å². The topological polar surface area (TPSA) is 58.2 Å². The Bertz CT molecular complexity index is 512. The van der Waals surface area contributed by atoms with Crippen LogP contribution in [0.1, 0.15) is 30.6 Å². The fourth-order valence-electron chi connectivity index (χ4n) is 1.90. The second kappa shape index (κ2) is 7.75. The highest BCUT2D eigenvalue weighted by molar-refractivity contribution is 7.89. The van der Waals surface area contributed by atoms with Gasteiger partial charge in [-0.2, -0.15) is 0 Å². The van der Waals surface area contributed by atoms with Gasteiger partial charge in [-0.3, -0.25) is 0 Å². The Balaban J connectivity index is 1.55. The van der Waals surface area contributed by atoms with Crippen LogP contribution in [0.5, 0.6) is 0 Å². The van der Waals surface area contributed by atoms with Crippen LogP contribution < -0.4 is 10.0 Å². The molecule has 0 radical (unpaired) electrons. The van der Waals surface area contributed by atoms with Crippen molar-refractivity contribution >= 4 is 33.0 Å². The summed E-state index contributed by atoms with van der Waals surface area (Å²) in [5.74, 6) is 0.213. The van der Waals surface area contributed by atoms with Crippen LogP contribution in [0.4, 0.5) is 0 Å². The maximum Gasteiger partial charge on any atom is 0.211 e. The van der Waals surface area contributed by atoms with E-state index in [9.17, 15) is 8.42 Å². The Morgan fingerprint density at radius 3 is 2.70 bits per heavy atom. The summed E-state index contributed by atoms with van der Waals surface area (Å²) in [5, 5.41) is 3.38. The van der Waals surface area contributed by atoms with Gasteiger partial charge in [-0.25, -0.2) is 13.1 Å². The average molecular weight is 337 g/mol. The van der Waals surface area contributed by atoms with Crippen molar-refractivity contribution < 1.29 is 8.42 Å². The number of rotatable bonds is 10. The van der Waals surface area contributed by atoms with Gasteiger partial charge in [-0.1, -0.05) is 11.6 Å². The van der Waals surface area contributed by atoms with E-state index in [1.165, 1.54) is 24.2 Å². The van der Waals surface area contributed by atoms with Crippen molar-refractivity contribution in [3.63, 3.8) is 0 Å². The summed E-state index contributed by atoms with van der Waals surface area (Å²) >= 11 is 7.32. The van der Waals surface area contributed by atoms with E-state index in [-0.39, 0.29) is 5.75 Å². The Morgan fingerprint density at radius 1 is 1.25 bits per heavy atom. The molecule has 1 heterocycles. The Hall–Kier alpha value is -0.140. The van der Waals surface area contributed by atoms with E-state index >= 15 is 0 Å². The molecule has 1 aromatic heterocycles. The largest absolute Gasteiger partial charge is 0.314 e. The number of thiophene rings is 1. The highest BCUT2D eigenvalue weighted by atomic mass is 35.5. The standard InChI is InChI=1S/C13H21ClN2O2S2/c14-13-6-5-12(19-13)7-9-16-20(17,18)10-2-1-8-15-11-3-4-11/h5-6,11,15-16H,1-4,7-10H2. The zero-order valence-corrected chi connectivity index (χ0v) is 13.8. The quantitative estimate of drug-likeness (QED) is 0.645. The summed E-state index contributed by atoms with van der Waals surface area (Å²) in [6.45, 7) is 1.37. The monoisotopic (exact) mass is 336 g/mol. The summed E-state index contributed by atoms with van der Waals surface area (Å²) in [4.78, 5) is 1.10. The van der Waals surface area contributed by atoms with Crippen molar-refractivity contribution in [2.24, 2.45) is 0 Å². The van der Waals surface area contributed by atoms with E-state index in [0.29, 0.717) is 25.4 Å². The first kappa shape index (κ1) is 16.2. The van der Waals surface area contributed by atoms with Gasteiger partial charge < -0.3 is 5.32 Å². The van der Waals surface area contributed by atoms with Crippen LogP contribution in [0.25, 0.3) is 0 Å². The molecule has 1 aliphatic rings. The van der Waals surface area contributed by atoms with E-state index in [2.05, 4.69) is 10.0 Å². The lowest BCUT2D eigenvalue weighted by molar-refractivity contribution is 0.573. The van der Waals surface area contributed by atoms with Gasteiger partial charge in [0.05, 0.1) is 10.1 Å². The Kier molecular flexibility index (Phi) is 6.29. The second-order valence-corrected chi connectivity index (χ2v) is 8.83. The van der Waals surface area contributed by atoms with Crippen molar-refractivity contribution in [2.45, 2.75) is 38.1 Å². The summed E-state index contributed by atoms with van der Waals surface area (Å²) < 4.78 is 26.9. The third-order valence-corrected chi connectivity index (χ3v) is 5.93. The van der Waals surface area contributed by atoms with E-state index in [0.717, 1.165) is 22.2 Å². The molecule has 2 N–H and O–H groups in total. The molecule has 0 unspecified atom stereocenters. The van der Waals surface area contributed by atoms with Crippen LogP contribution in [0.15, 0.2) is 12.1 Å². The van der Waals surface area contributed by atoms with E-state index in [1.807, 2.05) is 12.1 Å². The maximum atomic E-state index is 11.8. The van der Waals surface area contributed by atoms with Gasteiger partial charge in [0.15, 0.2) is 0 Å². The summed E-state index contributed by atoms with van der Waals surface area (Å²) in [7, 11) is -3.14. The average Bonchev–Trinajstić information content (AvgIpc) is 3.11. The smallest absolute Gasteiger partial charge is 0.211 e. The molecule has 7 heteroatoms. The minimum absolute atomic E-state index is 0.213. The minimum Gasteiger partial charge on any atom is -0.314 e. The van der Waals surface area contributed by atoms with Crippen LogP contribution in [0, 0.1) is 0 Å². The fourth-order valence-corrected chi connectivity index (χ4v) is 4.13. The summed E-state index contributed by atoms with van der Waals surface area (Å²) in [6, 6.07) is 4.47. The van der Waals surface area contributed by atoms with Gasteiger partial charge in [0.1, 0.15) is 0 Å². The number of hydrogen-bond acceptors (Lipinski definition) is 4. The zero-order valence-electron chi connectivity index (χ0n) is 11.4. The number of unbranched alkanes of at least 4 members (excludes halogenated alkanes) is 1. The van der Waals surface area contributed by atoms with Gasteiger partial charge >= 0.3 is 0 Å². The predicted molar refractivity (Wildman–Crippen MR) is 85.1 cm³/mol. The maximum absolute atomic E-state index is 11.8. The number of hydrogen-bond donors (Lipinski definition) is 2. The van der Waals surface area contributed by atoms with Crippen molar-refractivity contribution in [3.8, 4) is 0 Å². The third kappa shape index (κ3) is 6.54. The first-order chi connectivity index (χ1) is 9.55. The molecule has 1 fully saturated rings. The molecule has 0 atom stereocenters. The van der Waals surface area contributed by atoms with Crippen LogP contribution in [-0.4, -0.2) is 33.3 Å². The van der Waals surface area contributed by atoms with Gasteiger partial charge in [-0.05, 0) is 50.8 Å². The van der Waals surface area contributed by atoms with E-state index in [4.69, 9.17) is 11.6 Å². The lowest BCUT2D eigenvalue weighted by atomic mass is 10.3. The highest BCUT2D eigenvalue weighted by Gasteiger charge is 2.19. The van der Waals surface area contributed by atoms with Crippen molar-refractivity contribution in [2.75, 3.05) is 18.8 Å². The van der Waals surface area contributed by atoms with Crippen molar-refractivity contribution in [1.29, 1.82) is 0 Å². The molecule has 1 aromatic rings. The molecule has 114 valence electrons. The molecule has 4 nitrogen and oxygen atoms in total. The van der Waals surface area contributed by atoms with Crippen molar-refractivity contribution in [3.05, 3.63) is 21.3 Å². The first-order valence-electron chi connectivity index (χ1n) is 7.00. The second-order valence-electron chi connectivity index (χ2n) is 5.10. The van der Waals surface area contributed by atoms with Crippen LogP contribution >= 0.6 is 22.9 Å². The molecule has 0 aromatic carbocycles. The molecule has 2 rings (SSSR count). The highest BCUT2D eigenvalue weighted by Crippen LogP contribution is 2.21. The first-order valence-corrected chi connectivity index (χ1v) is 9.85. The molecule has 20 heavy (non-hydrogen) atoms. The van der Waals surface area contributed by atoms with Crippen LogP contribution in [0.3, 0.4) is 0 Å². The molecular weight excluding hydrogens is 316 g/mol. The molecule has 0 amide bonds. The number of halogens is 1. The Morgan fingerprint density at radius 2 is 2.05 bits per heavy atom. The number of nitrogens with one attached hydrogen (secondary N) is 2. The van der Waals surface area contributed by atoms with E-state index < -0.39 is 10.0 Å². The SMILES string of the molecule is O=S(=O)(CCCCNC1CC1)NCCc1ccc(Cl)s1. The van der Waals surface area contributed by atoms with Gasteiger partial charge in [0.25, 0.3) is 0 Å². The predicted octanol–water partition coefficient (Wildman–Crippen LogP) is 2.40. The molecule has 0 saturated heterocycles. The number of sulfonamides is 1. The van der Waals surface area contributed by atoms with E-state index in [1.54, 1.807) is 0 Å². The lowest BCUT2D eigenvalue weighted by Gasteiger charge is -2.06. The van der Waals surface area contributed by atoms with Gasteiger partial charge in [0.2, 0.25) is 10.0 Å². The third-order valence-electron chi connectivity index (χ3n) is 3.17. The summed E-state index contributed by atoms with van der Waals surface area (Å²) in [6.07, 6.45) is 4.86. The van der Waals surface area contributed by atoms with Gasteiger partial charge in [-0.15, -0.1) is 11.3 Å². The molecule has 0 bridgehead atoms. The molecule has 0 spiro atoms.